The van der Waals surface area contributed by atoms with Gasteiger partial charge in [-0.25, -0.2) is 0 Å². The van der Waals surface area contributed by atoms with Crippen molar-refractivity contribution in [1.29, 1.82) is 0 Å². The van der Waals surface area contributed by atoms with Gasteiger partial charge in [0, 0.05) is 19.4 Å². The van der Waals surface area contributed by atoms with Gasteiger partial charge in [-0.1, -0.05) is 0 Å². The summed E-state index contributed by atoms with van der Waals surface area (Å²) in [4.78, 5) is 0. The van der Waals surface area contributed by atoms with E-state index in [0.29, 0.717) is 6.42 Å². The minimum absolute atomic E-state index is 0.252. The Morgan fingerprint density at radius 2 is 2.10 bits per heavy atom. The van der Waals surface area contributed by atoms with Crippen LogP contribution in [0.4, 0.5) is 0 Å². The van der Waals surface area contributed by atoms with Crippen LogP contribution in [-0.2, 0) is 9.47 Å². The fourth-order valence-electron chi connectivity index (χ4n) is 1.64. The Labute approximate surface area is 59.9 Å². The summed E-state index contributed by atoms with van der Waals surface area (Å²) in [6, 6.07) is 0. The molecular formula is C7H12O3. The van der Waals surface area contributed by atoms with E-state index < -0.39 is 6.29 Å². The molecule has 10 heavy (non-hydrogen) atoms. The first-order valence-electron chi connectivity index (χ1n) is 3.80. The summed E-state index contributed by atoms with van der Waals surface area (Å²) in [6.07, 6.45) is 2.48. The maximum absolute atomic E-state index is 9.11. The van der Waals surface area contributed by atoms with Gasteiger partial charge < -0.3 is 14.6 Å². The molecule has 2 saturated heterocycles. The maximum atomic E-state index is 9.11. The van der Waals surface area contributed by atoms with Crippen molar-refractivity contribution in [2.75, 3.05) is 6.61 Å². The molecular weight excluding hydrogens is 132 g/mol. The number of aliphatic hydroxyl groups excluding tert-OH is 1. The Bertz CT molecular complexity index is 110. The Hall–Kier alpha value is -0.120. The predicted molar refractivity (Wildman–Crippen MR) is 34.5 cm³/mol. The van der Waals surface area contributed by atoms with Crippen LogP contribution in [0.2, 0.25) is 0 Å². The van der Waals surface area contributed by atoms with E-state index in [2.05, 4.69) is 0 Å². The number of ether oxygens (including phenoxy) is 2. The molecule has 0 aromatic carbocycles. The molecule has 0 aliphatic carbocycles. The molecule has 1 N–H and O–H groups in total. The van der Waals surface area contributed by atoms with Gasteiger partial charge in [0.1, 0.15) is 0 Å². The highest BCUT2D eigenvalue weighted by atomic mass is 16.6. The number of aliphatic hydroxyl groups is 1. The lowest BCUT2D eigenvalue weighted by atomic mass is 10.0. The zero-order valence-corrected chi connectivity index (χ0v) is 5.82. The Morgan fingerprint density at radius 1 is 1.20 bits per heavy atom. The Balaban J connectivity index is 1.98. The lowest BCUT2D eigenvalue weighted by Gasteiger charge is -2.36. The second kappa shape index (κ2) is 2.49. The minimum atomic E-state index is -0.580. The standard InChI is InChI=1S/C7H12O3/c8-7-4-6-3-5(10-7)1-2-9-6/h5-8H,1-4H2. The Morgan fingerprint density at radius 3 is 2.90 bits per heavy atom. The summed E-state index contributed by atoms with van der Waals surface area (Å²) >= 11 is 0. The van der Waals surface area contributed by atoms with Crippen LogP contribution in [0.1, 0.15) is 19.3 Å². The molecule has 0 aromatic heterocycles. The molecule has 2 bridgehead atoms. The van der Waals surface area contributed by atoms with E-state index >= 15 is 0 Å². The van der Waals surface area contributed by atoms with Crippen LogP contribution in [0.5, 0.6) is 0 Å². The molecule has 3 nitrogen and oxygen atoms in total. The summed E-state index contributed by atoms with van der Waals surface area (Å²) in [5.74, 6) is 0. The fraction of sp³-hybridized carbons (Fsp3) is 1.00. The molecule has 0 amide bonds. The molecule has 2 heterocycles. The summed E-state index contributed by atoms with van der Waals surface area (Å²) < 4.78 is 10.6. The van der Waals surface area contributed by atoms with Crippen molar-refractivity contribution >= 4 is 0 Å². The van der Waals surface area contributed by atoms with Crippen LogP contribution >= 0.6 is 0 Å². The van der Waals surface area contributed by atoms with E-state index in [4.69, 9.17) is 14.6 Å². The molecule has 3 unspecified atom stereocenters. The highest BCUT2D eigenvalue weighted by Crippen LogP contribution is 2.26. The average molecular weight is 144 g/mol. The van der Waals surface area contributed by atoms with Gasteiger partial charge in [0.05, 0.1) is 12.2 Å². The molecule has 58 valence electrons. The monoisotopic (exact) mass is 144 g/mol. The Kier molecular flexibility index (Phi) is 1.64. The summed E-state index contributed by atoms with van der Waals surface area (Å²) in [6.45, 7) is 0.794. The minimum Gasteiger partial charge on any atom is -0.378 e. The van der Waals surface area contributed by atoms with E-state index in [-0.39, 0.29) is 12.2 Å². The average Bonchev–Trinajstić information content (AvgIpc) is 1.85. The number of rotatable bonds is 0. The third-order valence-corrected chi connectivity index (χ3v) is 2.13. The molecule has 0 spiro atoms. The smallest absolute Gasteiger partial charge is 0.157 e. The molecule has 3 atom stereocenters. The fourth-order valence-corrected chi connectivity index (χ4v) is 1.64. The quantitative estimate of drug-likeness (QED) is 0.530. The highest BCUT2D eigenvalue weighted by molar-refractivity contribution is 4.77. The number of fused-ring (bicyclic) bond motifs is 2. The van der Waals surface area contributed by atoms with Gasteiger partial charge in [0.2, 0.25) is 0 Å². The normalized spacial score (nSPS) is 47.1. The molecule has 0 saturated carbocycles. The third kappa shape index (κ3) is 1.17. The van der Waals surface area contributed by atoms with Gasteiger partial charge >= 0.3 is 0 Å². The van der Waals surface area contributed by atoms with E-state index in [0.717, 1.165) is 19.4 Å². The number of hydrogen-bond acceptors (Lipinski definition) is 3. The van der Waals surface area contributed by atoms with E-state index in [1.54, 1.807) is 0 Å². The molecule has 0 aromatic rings. The lowest BCUT2D eigenvalue weighted by molar-refractivity contribution is -0.223. The summed E-state index contributed by atoms with van der Waals surface area (Å²) in [5, 5.41) is 9.11. The van der Waals surface area contributed by atoms with Crippen LogP contribution in [0.15, 0.2) is 0 Å². The van der Waals surface area contributed by atoms with Crippen LogP contribution < -0.4 is 0 Å². The van der Waals surface area contributed by atoms with Gasteiger partial charge in [-0.2, -0.15) is 0 Å². The predicted octanol–water partition coefficient (Wildman–Crippen LogP) is 0.273. The maximum Gasteiger partial charge on any atom is 0.157 e. The highest BCUT2D eigenvalue weighted by Gasteiger charge is 2.31. The summed E-state index contributed by atoms with van der Waals surface area (Å²) in [5.41, 5.74) is 0. The van der Waals surface area contributed by atoms with Crippen LogP contribution in [0, 0.1) is 0 Å². The van der Waals surface area contributed by atoms with Crippen LogP contribution in [0.25, 0.3) is 0 Å². The van der Waals surface area contributed by atoms with E-state index in [1.165, 1.54) is 0 Å². The summed E-state index contributed by atoms with van der Waals surface area (Å²) in [7, 11) is 0. The topological polar surface area (TPSA) is 38.7 Å². The zero-order valence-electron chi connectivity index (χ0n) is 5.82. The lowest BCUT2D eigenvalue weighted by Crippen LogP contribution is -2.41. The molecule has 0 radical (unpaired) electrons. The third-order valence-electron chi connectivity index (χ3n) is 2.13. The first-order valence-corrected chi connectivity index (χ1v) is 3.80. The van der Waals surface area contributed by atoms with Gasteiger partial charge in [0.15, 0.2) is 6.29 Å². The number of hydrogen-bond donors (Lipinski definition) is 1. The van der Waals surface area contributed by atoms with Crippen molar-refractivity contribution in [2.45, 2.75) is 37.8 Å². The van der Waals surface area contributed by atoms with Crippen LogP contribution in [0.3, 0.4) is 0 Å². The molecule has 2 fully saturated rings. The first-order chi connectivity index (χ1) is 4.84. The van der Waals surface area contributed by atoms with E-state index in [9.17, 15) is 0 Å². The van der Waals surface area contributed by atoms with Crippen molar-refractivity contribution < 1.29 is 14.6 Å². The van der Waals surface area contributed by atoms with Crippen molar-refractivity contribution in [2.24, 2.45) is 0 Å². The van der Waals surface area contributed by atoms with Gasteiger partial charge in [-0.05, 0) is 6.42 Å². The molecule has 2 aliphatic rings. The van der Waals surface area contributed by atoms with Crippen molar-refractivity contribution in [3.8, 4) is 0 Å². The molecule has 3 heteroatoms. The largest absolute Gasteiger partial charge is 0.378 e. The molecule has 2 rings (SSSR count). The SMILES string of the molecule is OC1CC2CC(CCO2)O1. The molecule has 2 aliphatic heterocycles. The van der Waals surface area contributed by atoms with Gasteiger partial charge in [0.25, 0.3) is 0 Å². The van der Waals surface area contributed by atoms with Crippen molar-refractivity contribution in [1.82, 2.24) is 0 Å². The van der Waals surface area contributed by atoms with Crippen molar-refractivity contribution in [3.05, 3.63) is 0 Å². The van der Waals surface area contributed by atoms with Crippen LogP contribution in [-0.4, -0.2) is 30.2 Å². The van der Waals surface area contributed by atoms with E-state index in [1.807, 2.05) is 0 Å². The zero-order chi connectivity index (χ0) is 6.97. The second-order valence-corrected chi connectivity index (χ2v) is 2.97. The first kappa shape index (κ1) is 6.58. The second-order valence-electron chi connectivity index (χ2n) is 2.97. The van der Waals surface area contributed by atoms with Crippen molar-refractivity contribution in [3.63, 3.8) is 0 Å². The van der Waals surface area contributed by atoms with Gasteiger partial charge in [-0.3, -0.25) is 0 Å². The van der Waals surface area contributed by atoms with Gasteiger partial charge in [-0.15, -0.1) is 0 Å².